The molecule has 0 aliphatic rings. The van der Waals surface area contributed by atoms with E-state index in [0.717, 1.165) is 0 Å². The molecule has 0 spiro atoms. The minimum Gasteiger partial charge on any atom is -0.496 e. The van der Waals surface area contributed by atoms with Crippen LogP contribution in [0.2, 0.25) is 0 Å². The topological polar surface area (TPSA) is 91.0 Å². The van der Waals surface area contributed by atoms with Gasteiger partial charge >= 0.3 is 5.97 Å². The monoisotopic (exact) mass is 293 g/mol. The number of rotatable bonds is 6. The van der Waals surface area contributed by atoms with Gasteiger partial charge in [0.15, 0.2) is 0 Å². The fraction of sp³-hybridized carbons (Fsp3) is 0.286. The molecule has 1 aromatic heterocycles. The third-order valence-electron chi connectivity index (χ3n) is 2.81. The number of hydrogen-bond donors (Lipinski definition) is 1. The number of carboxylic acid groups (broad SMARTS) is 1. The predicted molar refractivity (Wildman–Crippen MR) is 72.7 cm³/mol. The summed E-state index contributed by atoms with van der Waals surface area (Å²) in [5.41, 5.74) is 0.653. The van der Waals surface area contributed by atoms with Crippen molar-refractivity contribution >= 4 is 5.97 Å². The largest absolute Gasteiger partial charge is 0.496 e. The SMILES string of the molecule is COCc1nc(-c2c(OC)cccc2OC)oc1C(=O)O. The summed E-state index contributed by atoms with van der Waals surface area (Å²) in [6, 6.07) is 5.16. The summed E-state index contributed by atoms with van der Waals surface area (Å²) in [6.45, 7) is 0.0304. The highest BCUT2D eigenvalue weighted by Crippen LogP contribution is 2.38. The summed E-state index contributed by atoms with van der Waals surface area (Å²) in [6.07, 6.45) is 0. The van der Waals surface area contributed by atoms with Crippen LogP contribution < -0.4 is 9.47 Å². The molecule has 0 amide bonds. The number of hydrogen-bond acceptors (Lipinski definition) is 6. The first-order chi connectivity index (χ1) is 10.1. The van der Waals surface area contributed by atoms with Crippen LogP contribution in [0.5, 0.6) is 11.5 Å². The van der Waals surface area contributed by atoms with Gasteiger partial charge in [-0.05, 0) is 12.1 Å². The minimum atomic E-state index is -1.21. The number of aromatic carboxylic acids is 1. The summed E-state index contributed by atoms with van der Waals surface area (Å²) in [7, 11) is 4.44. The maximum Gasteiger partial charge on any atom is 0.373 e. The van der Waals surface area contributed by atoms with Crippen molar-refractivity contribution in [2.45, 2.75) is 6.61 Å². The maximum atomic E-state index is 11.2. The molecule has 7 nitrogen and oxygen atoms in total. The maximum absolute atomic E-state index is 11.2. The summed E-state index contributed by atoms with van der Waals surface area (Å²) < 4.78 is 20.8. The van der Waals surface area contributed by atoms with Crippen LogP contribution in [0.4, 0.5) is 0 Å². The Balaban J connectivity index is 2.61. The highest BCUT2D eigenvalue weighted by molar-refractivity contribution is 5.86. The van der Waals surface area contributed by atoms with E-state index in [1.54, 1.807) is 18.2 Å². The van der Waals surface area contributed by atoms with Crippen molar-refractivity contribution in [2.24, 2.45) is 0 Å². The van der Waals surface area contributed by atoms with Crippen molar-refractivity contribution in [1.82, 2.24) is 4.98 Å². The van der Waals surface area contributed by atoms with Crippen LogP contribution >= 0.6 is 0 Å². The molecule has 0 saturated carbocycles. The Morgan fingerprint density at radius 2 is 1.86 bits per heavy atom. The molecule has 7 heteroatoms. The van der Waals surface area contributed by atoms with E-state index in [2.05, 4.69) is 4.98 Å². The molecule has 21 heavy (non-hydrogen) atoms. The Morgan fingerprint density at radius 3 is 2.33 bits per heavy atom. The van der Waals surface area contributed by atoms with E-state index < -0.39 is 5.97 Å². The number of oxazole rings is 1. The Kier molecular flexibility index (Phi) is 4.44. The van der Waals surface area contributed by atoms with Gasteiger partial charge in [0.05, 0.1) is 20.8 Å². The number of carboxylic acids is 1. The molecular formula is C14H15NO6. The first kappa shape index (κ1) is 14.9. The van der Waals surface area contributed by atoms with Gasteiger partial charge in [0.25, 0.3) is 0 Å². The molecule has 2 aromatic rings. The fourth-order valence-electron chi connectivity index (χ4n) is 1.92. The van der Waals surface area contributed by atoms with Crippen molar-refractivity contribution in [3.05, 3.63) is 29.7 Å². The summed E-state index contributed by atoms with van der Waals surface area (Å²) in [4.78, 5) is 15.4. The molecule has 1 N–H and O–H groups in total. The third kappa shape index (κ3) is 2.82. The number of ether oxygens (including phenoxy) is 3. The minimum absolute atomic E-state index is 0.0304. The second kappa shape index (κ2) is 6.27. The highest BCUT2D eigenvalue weighted by atomic mass is 16.5. The van der Waals surface area contributed by atoms with Crippen LogP contribution in [0, 0.1) is 0 Å². The molecule has 0 fully saturated rings. The second-order valence-corrected chi connectivity index (χ2v) is 4.07. The molecule has 0 bridgehead atoms. The molecular weight excluding hydrogens is 278 g/mol. The summed E-state index contributed by atoms with van der Waals surface area (Å²) in [5, 5.41) is 9.15. The van der Waals surface area contributed by atoms with E-state index in [4.69, 9.17) is 23.7 Å². The van der Waals surface area contributed by atoms with E-state index in [1.165, 1.54) is 21.3 Å². The number of benzene rings is 1. The van der Waals surface area contributed by atoms with Crippen LogP contribution in [-0.2, 0) is 11.3 Å². The molecule has 112 valence electrons. The zero-order chi connectivity index (χ0) is 15.4. The normalized spacial score (nSPS) is 10.4. The third-order valence-corrected chi connectivity index (χ3v) is 2.81. The van der Waals surface area contributed by atoms with Crippen molar-refractivity contribution in [3.63, 3.8) is 0 Å². The zero-order valence-corrected chi connectivity index (χ0v) is 11.9. The van der Waals surface area contributed by atoms with Crippen molar-refractivity contribution < 1.29 is 28.5 Å². The molecule has 0 unspecified atom stereocenters. The number of methoxy groups -OCH3 is 3. The Bertz CT molecular complexity index is 627. The van der Waals surface area contributed by atoms with Crippen molar-refractivity contribution in [2.75, 3.05) is 21.3 Å². The molecule has 0 aliphatic heterocycles. The lowest BCUT2D eigenvalue weighted by molar-refractivity contribution is 0.0656. The predicted octanol–water partition coefficient (Wildman–Crippen LogP) is 2.20. The van der Waals surface area contributed by atoms with Crippen LogP contribution in [0.1, 0.15) is 16.2 Å². The van der Waals surface area contributed by atoms with E-state index in [9.17, 15) is 4.79 Å². The van der Waals surface area contributed by atoms with E-state index in [-0.39, 0.29) is 24.0 Å². The number of carbonyl (C=O) groups is 1. The number of nitrogens with zero attached hydrogens (tertiary/aromatic N) is 1. The standard InChI is InChI=1S/C14H15NO6/c1-18-7-8-12(14(16)17)21-13(15-8)11-9(19-2)5-4-6-10(11)20-3/h4-6H,7H2,1-3H3,(H,16,17). The van der Waals surface area contributed by atoms with Gasteiger partial charge in [0, 0.05) is 7.11 Å². The molecule has 0 saturated heterocycles. The summed E-state index contributed by atoms with van der Waals surface area (Å²) in [5.74, 6) is -0.434. The summed E-state index contributed by atoms with van der Waals surface area (Å²) >= 11 is 0. The molecule has 1 heterocycles. The van der Waals surface area contributed by atoms with Crippen LogP contribution in [0.3, 0.4) is 0 Å². The smallest absolute Gasteiger partial charge is 0.373 e. The Morgan fingerprint density at radius 1 is 1.24 bits per heavy atom. The van der Waals surface area contributed by atoms with Gasteiger partial charge < -0.3 is 23.7 Å². The van der Waals surface area contributed by atoms with Gasteiger partial charge in [-0.25, -0.2) is 9.78 Å². The lowest BCUT2D eigenvalue weighted by Crippen LogP contribution is -2.00. The molecule has 1 aromatic carbocycles. The first-order valence-electron chi connectivity index (χ1n) is 6.05. The van der Waals surface area contributed by atoms with E-state index >= 15 is 0 Å². The number of aromatic nitrogens is 1. The van der Waals surface area contributed by atoms with Crippen molar-refractivity contribution in [1.29, 1.82) is 0 Å². The van der Waals surface area contributed by atoms with Gasteiger partial charge in [-0.3, -0.25) is 0 Å². The van der Waals surface area contributed by atoms with Gasteiger partial charge in [-0.2, -0.15) is 0 Å². The lowest BCUT2D eigenvalue weighted by atomic mass is 10.1. The zero-order valence-electron chi connectivity index (χ0n) is 11.9. The average molecular weight is 293 g/mol. The Hall–Kier alpha value is -2.54. The molecule has 2 rings (SSSR count). The van der Waals surface area contributed by atoms with Gasteiger partial charge in [-0.15, -0.1) is 0 Å². The first-order valence-corrected chi connectivity index (χ1v) is 6.05. The van der Waals surface area contributed by atoms with E-state index in [1.807, 2.05) is 0 Å². The van der Waals surface area contributed by atoms with Gasteiger partial charge in [-0.1, -0.05) is 6.07 Å². The quantitative estimate of drug-likeness (QED) is 0.872. The molecule has 0 radical (unpaired) electrons. The second-order valence-electron chi connectivity index (χ2n) is 4.07. The average Bonchev–Trinajstić information content (AvgIpc) is 2.90. The Labute approximate surface area is 121 Å². The highest BCUT2D eigenvalue weighted by Gasteiger charge is 2.24. The molecule has 0 atom stereocenters. The van der Waals surface area contributed by atoms with Gasteiger partial charge in [0.2, 0.25) is 11.7 Å². The van der Waals surface area contributed by atoms with Crippen LogP contribution in [-0.4, -0.2) is 37.4 Å². The molecule has 0 aliphatic carbocycles. The van der Waals surface area contributed by atoms with Crippen LogP contribution in [0.25, 0.3) is 11.5 Å². The fourth-order valence-corrected chi connectivity index (χ4v) is 1.92. The van der Waals surface area contributed by atoms with Gasteiger partial charge in [0.1, 0.15) is 22.8 Å². The lowest BCUT2D eigenvalue weighted by Gasteiger charge is -2.09. The van der Waals surface area contributed by atoms with E-state index in [0.29, 0.717) is 17.1 Å². The van der Waals surface area contributed by atoms with Crippen LogP contribution in [0.15, 0.2) is 22.6 Å². The van der Waals surface area contributed by atoms with Crippen molar-refractivity contribution in [3.8, 4) is 23.0 Å².